The number of rotatable bonds is 4. The zero-order chi connectivity index (χ0) is 13.9. The van der Waals surface area contributed by atoms with Gasteiger partial charge < -0.3 is 4.74 Å². The molecular formula is C15H14ClN3O. The van der Waals surface area contributed by atoms with Crippen molar-refractivity contribution in [3.8, 4) is 5.69 Å². The van der Waals surface area contributed by atoms with Crippen LogP contribution in [0.25, 0.3) is 16.9 Å². The van der Waals surface area contributed by atoms with E-state index in [0.29, 0.717) is 11.6 Å². The van der Waals surface area contributed by atoms with Crippen LogP contribution < -0.4 is 0 Å². The average Bonchev–Trinajstić information content (AvgIpc) is 2.84. The monoisotopic (exact) mass is 287 g/mol. The maximum Gasteiger partial charge on any atom is 0.164 e. The highest BCUT2D eigenvalue weighted by Gasteiger charge is 2.12. The Hall–Kier alpha value is -1.91. The third-order valence-electron chi connectivity index (χ3n) is 3.10. The number of methoxy groups -OCH3 is 1. The van der Waals surface area contributed by atoms with Crippen molar-refractivity contribution in [2.24, 2.45) is 0 Å². The highest BCUT2D eigenvalue weighted by molar-refractivity contribution is 6.30. The Morgan fingerprint density at radius 3 is 2.75 bits per heavy atom. The van der Waals surface area contributed by atoms with Crippen molar-refractivity contribution in [3.05, 3.63) is 53.4 Å². The molecule has 0 aliphatic heterocycles. The van der Waals surface area contributed by atoms with E-state index in [9.17, 15) is 0 Å². The lowest BCUT2D eigenvalue weighted by molar-refractivity contribution is 0.200. The van der Waals surface area contributed by atoms with Gasteiger partial charge >= 0.3 is 0 Å². The molecule has 3 rings (SSSR count). The number of hydrogen-bond donors (Lipinski definition) is 0. The summed E-state index contributed by atoms with van der Waals surface area (Å²) in [5.41, 5.74) is 2.73. The van der Waals surface area contributed by atoms with E-state index in [-0.39, 0.29) is 0 Å². The van der Waals surface area contributed by atoms with Crippen molar-refractivity contribution in [2.75, 3.05) is 13.7 Å². The average molecular weight is 288 g/mol. The molecule has 0 unspecified atom stereocenters. The van der Waals surface area contributed by atoms with Crippen LogP contribution in [0.5, 0.6) is 0 Å². The molecule has 0 aliphatic carbocycles. The minimum Gasteiger partial charge on any atom is -0.384 e. The van der Waals surface area contributed by atoms with E-state index < -0.39 is 0 Å². The Morgan fingerprint density at radius 2 is 2.00 bits per heavy atom. The summed E-state index contributed by atoms with van der Waals surface area (Å²) in [4.78, 5) is 9.07. The lowest BCUT2D eigenvalue weighted by Gasteiger charge is -2.08. The Morgan fingerprint density at radius 1 is 1.20 bits per heavy atom. The third-order valence-corrected chi connectivity index (χ3v) is 3.35. The van der Waals surface area contributed by atoms with Gasteiger partial charge in [0.05, 0.1) is 6.61 Å². The first-order valence-corrected chi connectivity index (χ1v) is 6.74. The zero-order valence-corrected chi connectivity index (χ0v) is 11.8. The van der Waals surface area contributed by atoms with Crippen molar-refractivity contribution in [1.29, 1.82) is 0 Å². The van der Waals surface area contributed by atoms with Gasteiger partial charge in [-0.25, -0.2) is 9.97 Å². The van der Waals surface area contributed by atoms with Crippen LogP contribution in [0.4, 0.5) is 0 Å². The van der Waals surface area contributed by atoms with E-state index in [1.807, 2.05) is 41.0 Å². The van der Waals surface area contributed by atoms with Crippen molar-refractivity contribution in [2.45, 2.75) is 6.42 Å². The molecule has 2 aromatic heterocycles. The molecule has 0 N–H and O–H groups in total. The molecule has 0 radical (unpaired) electrons. The second-order valence-corrected chi connectivity index (χ2v) is 4.87. The molecule has 0 bridgehead atoms. The summed E-state index contributed by atoms with van der Waals surface area (Å²) in [6, 6.07) is 11.5. The first-order chi connectivity index (χ1) is 9.79. The lowest BCUT2D eigenvalue weighted by atomic mass is 10.3. The van der Waals surface area contributed by atoms with E-state index in [1.165, 1.54) is 0 Å². The summed E-state index contributed by atoms with van der Waals surface area (Å²) >= 11 is 5.95. The zero-order valence-electron chi connectivity index (χ0n) is 11.1. The standard InChI is InChI=1S/C15H14ClN3O/c1-20-10-8-14-18-13-3-2-9-17-15(13)19(14)12-6-4-11(16)5-7-12/h2-7,9H,8,10H2,1H3. The van der Waals surface area contributed by atoms with Gasteiger partial charge in [0.2, 0.25) is 0 Å². The van der Waals surface area contributed by atoms with Gasteiger partial charge in [0.25, 0.3) is 0 Å². The predicted octanol–water partition coefficient (Wildman–Crippen LogP) is 3.26. The van der Waals surface area contributed by atoms with Crippen LogP contribution in [0.15, 0.2) is 42.6 Å². The summed E-state index contributed by atoms with van der Waals surface area (Å²) in [7, 11) is 1.69. The fraction of sp³-hybridized carbons (Fsp3) is 0.200. The molecule has 0 saturated heterocycles. The van der Waals surface area contributed by atoms with Gasteiger partial charge in [0, 0.05) is 30.4 Å². The van der Waals surface area contributed by atoms with Crippen LogP contribution in [0.1, 0.15) is 5.82 Å². The van der Waals surface area contributed by atoms with E-state index in [2.05, 4.69) is 9.97 Å². The molecule has 0 aliphatic rings. The van der Waals surface area contributed by atoms with Crippen LogP contribution in [0, 0.1) is 0 Å². The minimum atomic E-state index is 0.622. The Balaban J connectivity index is 2.17. The number of pyridine rings is 1. The Bertz CT molecular complexity index is 722. The number of benzene rings is 1. The van der Waals surface area contributed by atoms with Crippen LogP contribution in [0.3, 0.4) is 0 Å². The number of ether oxygens (including phenoxy) is 1. The smallest absolute Gasteiger partial charge is 0.164 e. The van der Waals surface area contributed by atoms with Crippen LogP contribution in [-0.2, 0) is 11.2 Å². The van der Waals surface area contributed by atoms with Gasteiger partial charge in [-0.1, -0.05) is 11.6 Å². The van der Waals surface area contributed by atoms with Crippen molar-refractivity contribution in [1.82, 2.24) is 14.5 Å². The third kappa shape index (κ3) is 2.40. The van der Waals surface area contributed by atoms with Crippen molar-refractivity contribution in [3.63, 3.8) is 0 Å². The van der Waals surface area contributed by atoms with Gasteiger partial charge in [0.15, 0.2) is 5.65 Å². The quantitative estimate of drug-likeness (QED) is 0.739. The van der Waals surface area contributed by atoms with Crippen LogP contribution in [0.2, 0.25) is 5.02 Å². The Kier molecular flexibility index (Phi) is 3.67. The molecule has 102 valence electrons. The molecule has 5 heteroatoms. The molecular weight excluding hydrogens is 274 g/mol. The SMILES string of the molecule is COCCc1nc2cccnc2n1-c1ccc(Cl)cc1. The first kappa shape index (κ1) is 13.1. The van der Waals surface area contributed by atoms with E-state index in [1.54, 1.807) is 13.3 Å². The number of hydrogen-bond acceptors (Lipinski definition) is 3. The Labute approximate surface area is 122 Å². The maximum absolute atomic E-state index is 5.95. The van der Waals surface area contributed by atoms with Gasteiger partial charge in [-0.05, 0) is 36.4 Å². The van der Waals surface area contributed by atoms with Gasteiger partial charge in [-0.15, -0.1) is 0 Å². The summed E-state index contributed by atoms with van der Waals surface area (Å²) in [5.74, 6) is 0.933. The van der Waals surface area contributed by atoms with Gasteiger partial charge in [-0.2, -0.15) is 0 Å². The predicted molar refractivity (Wildman–Crippen MR) is 79.5 cm³/mol. The summed E-state index contributed by atoms with van der Waals surface area (Å²) in [6.45, 7) is 0.622. The van der Waals surface area contributed by atoms with E-state index >= 15 is 0 Å². The van der Waals surface area contributed by atoms with Gasteiger partial charge in [-0.3, -0.25) is 4.57 Å². The molecule has 0 atom stereocenters. The molecule has 0 spiro atoms. The fourth-order valence-electron chi connectivity index (χ4n) is 2.18. The molecule has 0 amide bonds. The molecule has 4 nitrogen and oxygen atoms in total. The topological polar surface area (TPSA) is 39.9 Å². The van der Waals surface area contributed by atoms with Crippen LogP contribution >= 0.6 is 11.6 Å². The van der Waals surface area contributed by atoms with E-state index in [0.717, 1.165) is 29.1 Å². The molecule has 20 heavy (non-hydrogen) atoms. The highest BCUT2D eigenvalue weighted by atomic mass is 35.5. The second-order valence-electron chi connectivity index (χ2n) is 4.43. The van der Waals surface area contributed by atoms with Crippen LogP contribution in [-0.4, -0.2) is 28.3 Å². The molecule has 3 aromatic rings. The highest BCUT2D eigenvalue weighted by Crippen LogP contribution is 2.21. The van der Waals surface area contributed by atoms with Crippen molar-refractivity contribution >= 4 is 22.8 Å². The number of imidazole rings is 1. The first-order valence-electron chi connectivity index (χ1n) is 6.37. The minimum absolute atomic E-state index is 0.622. The van der Waals surface area contributed by atoms with Crippen molar-refractivity contribution < 1.29 is 4.74 Å². The number of aromatic nitrogens is 3. The lowest BCUT2D eigenvalue weighted by Crippen LogP contribution is -2.05. The normalized spacial score (nSPS) is 11.1. The molecule has 2 heterocycles. The maximum atomic E-state index is 5.95. The van der Waals surface area contributed by atoms with Gasteiger partial charge in [0.1, 0.15) is 11.3 Å². The summed E-state index contributed by atoms with van der Waals surface area (Å²) in [6.07, 6.45) is 2.51. The molecule has 0 saturated carbocycles. The summed E-state index contributed by atoms with van der Waals surface area (Å²) < 4.78 is 7.20. The molecule has 0 fully saturated rings. The second kappa shape index (κ2) is 5.61. The number of halogens is 1. The van der Waals surface area contributed by atoms with E-state index in [4.69, 9.17) is 16.3 Å². The molecule has 1 aromatic carbocycles. The number of fused-ring (bicyclic) bond motifs is 1. The summed E-state index contributed by atoms with van der Waals surface area (Å²) in [5, 5.41) is 0.713. The fourth-order valence-corrected chi connectivity index (χ4v) is 2.31. The largest absolute Gasteiger partial charge is 0.384 e. The number of nitrogens with zero attached hydrogens (tertiary/aromatic N) is 3.